The van der Waals surface area contributed by atoms with Crippen molar-refractivity contribution in [3.05, 3.63) is 33.8 Å². The summed E-state index contributed by atoms with van der Waals surface area (Å²) in [6.07, 6.45) is 5.71. The van der Waals surface area contributed by atoms with Gasteiger partial charge in [-0.3, -0.25) is 9.78 Å². The van der Waals surface area contributed by atoms with Gasteiger partial charge in [-0.25, -0.2) is 0 Å². The Bertz CT molecular complexity index is 600. The molecule has 0 aromatic carbocycles. The summed E-state index contributed by atoms with van der Waals surface area (Å²) < 4.78 is 5.26. The second-order valence-corrected chi connectivity index (χ2v) is 4.99. The van der Waals surface area contributed by atoms with Gasteiger partial charge in [0, 0.05) is 23.9 Å². The SMILES string of the molecule is O=Cc1c(-c2c(Cl)cncc2Cl)noc1C1CC1. The lowest BCUT2D eigenvalue weighted by molar-refractivity contribution is 0.112. The molecule has 18 heavy (non-hydrogen) atoms. The molecule has 2 heterocycles. The smallest absolute Gasteiger partial charge is 0.155 e. The van der Waals surface area contributed by atoms with E-state index in [0.717, 1.165) is 19.1 Å². The fourth-order valence-corrected chi connectivity index (χ4v) is 2.43. The van der Waals surface area contributed by atoms with E-state index in [0.29, 0.717) is 38.5 Å². The molecule has 0 N–H and O–H groups in total. The third-order valence-corrected chi connectivity index (χ3v) is 3.49. The van der Waals surface area contributed by atoms with E-state index in [1.54, 1.807) is 0 Å². The molecule has 0 radical (unpaired) electrons. The number of aromatic nitrogens is 2. The van der Waals surface area contributed by atoms with E-state index in [1.807, 2.05) is 0 Å². The topological polar surface area (TPSA) is 56.0 Å². The minimum atomic E-state index is 0.297. The van der Waals surface area contributed by atoms with Crippen molar-refractivity contribution in [1.29, 1.82) is 0 Å². The highest BCUT2D eigenvalue weighted by molar-refractivity contribution is 6.39. The minimum Gasteiger partial charge on any atom is -0.360 e. The van der Waals surface area contributed by atoms with Crippen molar-refractivity contribution in [2.24, 2.45) is 0 Å². The summed E-state index contributed by atoms with van der Waals surface area (Å²) in [5, 5.41) is 4.63. The maximum absolute atomic E-state index is 11.2. The fourth-order valence-electron chi connectivity index (χ4n) is 1.88. The van der Waals surface area contributed by atoms with Gasteiger partial charge in [0.05, 0.1) is 15.6 Å². The zero-order chi connectivity index (χ0) is 12.7. The molecule has 3 rings (SSSR count). The number of carbonyl (C=O) groups is 1. The normalized spacial score (nSPS) is 14.8. The number of hydrogen-bond acceptors (Lipinski definition) is 4. The lowest BCUT2D eigenvalue weighted by atomic mass is 10.1. The van der Waals surface area contributed by atoms with Crippen molar-refractivity contribution < 1.29 is 9.32 Å². The highest BCUT2D eigenvalue weighted by Gasteiger charge is 2.33. The molecule has 0 bridgehead atoms. The Morgan fingerprint density at radius 3 is 2.50 bits per heavy atom. The second kappa shape index (κ2) is 4.37. The van der Waals surface area contributed by atoms with Crippen LogP contribution < -0.4 is 0 Å². The van der Waals surface area contributed by atoms with Gasteiger partial charge in [0.1, 0.15) is 5.69 Å². The number of rotatable bonds is 3. The summed E-state index contributed by atoms with van der Waals surface area (Å²) in [6, 6.07) is 0. The van der Waals surface area contributed by atoms with Crippen LogP contribution in [0.3, 0.4) is 0 Å². The van der Waals surface area contributed by atoms with Crippen LogP contribution >= 0.6 is 23.2 Å². The van der Waals surface area contributed by atoms with E-state index >= 15 is 0 Å². The Kier molecular flexibility index (Phi) is 2.84. The highest BCUT2D eigenvalue weighted by atomic mass is 35.5. The zero-order valence-corrected chi connectivity index (χ0v) is 10.7. The first kappa shape index (κ1) is 11.7. The van der Waals surface area contributed by atoms with Crippen LogP contribution in [0.5, 0.6) is 0 Å². The molecular weight excluding hydrogens is 275 g/mol. The first-order valence-electron chi connectivity index (χ1n) is 5.46. The molecule has 2 aromatic rings. The predicted octanol–water partition coefficient (Wildman–Crippen LogP) is 3.73. The molecular formula is C12H8Cl2N2O2. The van der Waals surface area contributed by atoms with Crippen LogP contribution in [0, 0.1) is 0 Å². The zero-order valence-electron chi connectivity index (χ0n) is 9.19. The minimum absolute atomic E-state index is 0.297. The van der Waals surface area contributed by atoms with Gasteiger partial charge in [0.2, 0.25) is 0 Å². The van der Waals surface area contributed by atoms with Crippen LogP contribution in [0.1, 0.15) is 34.9 Å². The van der Waals surface area contributed by atoms with Crippen LogP contribution in [0.4, 0.5) is 0 Å². The molecule has 0 saturated heterocycles. The van der Waals surface area contributed by atoms with Crippen molar-refractivity contribution in [2.75, 3.05) is 0 Å². The Morgan fingerprint density at radius 2 is 1.94 bits per heavy atom. The number of aldehydes is 1. The maximum atomic E-state index is 11.2. The quantitative estimate of drug-likeness (QED) is 0.805. The van der Waals surface area contributed by atoms with E-state index in [2.05, 4.69) is 10.1 Å². The van der Waals surface area contributed by atoms with Gasteiger partial charge in [0.15, 0.2) is 12.0 Å². The van der Waals surface area contributed by atoms with E-state index < -0.39 is 0 Å². The number of nitrogens with zero attached hydrogens (tertiary/aromatic N) is 2. The number of carbonyl (C=O) groups excluding carboxylic acids is 1. The van der Waals surface area contributed by atoms with Crippen molar-refractivity contribution >= 4 is 29.5 Å². The largest absolute Gasteiger partial charge is 0.360 e. The van der Waals surface area contributed by atoms with E-state index in [-0.39, 0.29) is 0 Å². The number of hydrogen-bond donors (Lipinski definition) is 0. The lowest BCUT2D eigenvalue weighted by Gasteiger charge is -2.02. The Hall–Kier alpha value is -1.39. The van der Waals surface area contributed by atoms with E-state index in [9.17, 15) is 4.79 Å². The molecule has 1 aliphatic rings. The Morgan fingerprint density at radius 1 is 1.28 bits per heavy atom. The third-order valence-electron chi connectivity index (χ3n) is 2.91. The van der Waals surface area contributed by atoms with Gasteiger partial charge in [0.25, 0.3) is 0 Å². The molecule has 1 aliphatic carbocycles. The van der Waals surface area contributed by atoms with Gasteiger partial charge in [-0.1, -0.05) is 28.4 Å². The molecule has 0 aliphatic heterocycles. The third kappa shape index (κ3) is 1.82. The summed E-state index contributed by atoms with van der Waals surface area (Å²) in [5.41, 5.74) is 1.32. The summed E-state index contributed by atoms with van der Waals surface area (Å²) >= 11 is 12.1. The maximum Gasteiger partial charge on any atom is 0.155 e. The standard InChI is InChI=1S/C12H8Cl2N2O2/c13-8-3-15-4-9(14)10(8)11-7(5-17)12(18-16-11)6-1-2-6/h3-6H,1-2H2. The van der Waals surface area contributed by atoms with E-state index in [1.165, 1.54) is 12.4 Å². The molecule has 92 valence electrons. The molecule has 1 saturated carbocycles. The van der Waals surface area contributed by atoms with Gasteiger partial charge >= 0.3 is 0 Å². The highest BCUT2D eigenvalue weighted by Crippen LogP contribution is 2.44. The van der Waals surface area contributed by atoms with Crippen LogP contribution in [-0.4, -0.2) is 16.4 Å². The molecule has 6 heteroatoms. The van der Waals surface area contributed by atoms with Crippen LogP contribution in [0.25, 0.3) is 11.3 Å². The monoisotopic (exact) mass is 282 g/mol. The molecule has 2 aromatic heterocycles. The van der Waals surface area contributed by atoms with Gasteiger partial charge in [-0.2, -0.15) is 0 Å². The first-order valence-corrected chi connectivity index (χ1v) is 6.22. The summed E-state index contributed by atoms with van der Waals surface area (Å²) in [6.45, 7) is 0. The fraction of sp³-hybridized carbons (Fsp3) is 0.250. The number of halogens is 2. The van der Waals surface area contributed by atoms with Gasteiger partial charge in [-0.05, 0) is 12.8 Å². The molecule has 0 spiro atoms. The first-order chi connectivity index (χ1) is 8.72. The van der Waals surface area contributed by atoms with E-state index in [4.69, 9.17) is 27.7 Å². The molecule has 4 nitrogen and oxygen atoms in total. The number of pyridine rings is 1. The average Bonchev–Trinajstić information content (AvgIpc) is 3.10. The van der Waals surface area contributed by atoms with Gasteiger partial charge in [-0.15, -0.1) is 0 Å². The second-order valence-electron chi connectivity index (χ2n) is 4.18. The summed E-state index contributed by atoms with van der Waals surface area (Å²) in [5.74, 6) is 0.926. The van der Waals surface area contributed by atoms with Crippen LogP contribution in [-0.2, 0) is 0 Å². The van der Waals surface area contributed by atoms with Gasteiger partial charge < -0.3 is 4.52 Å². The Labute approximate surface area is 113 Å². The summed E-state index contributed by atoms with van der Waals surface area (Å²) in [7, 11) is 0. The van der Waals surface area contributed by atoms with Crippen LogP contribution in [0.15, 0.2) is 16.9 Å². The van der Waals surface area contributed by atoms with Crippen molar-refractivity contribution in [1.82, 2.24) is 10.1 Å². The average molecular weight is 283 g/mol. The molecule has 0 atom stereocenters. The van der Waals surface area contributed by atoms with Crippen molar-refractivity contribution in [3.8, 4) is 11.3 Å². The molecule has 0 amide bonds. The van der Waals surface area contributed by atoms with Crippen molar-refractivity contribution in [2.45, 2.75) is 18.8 Å². The lowest BCUT2D eigenvalue weighted by Crippen LogP contribution is -1.90. The Balaban J connectivity index is 2.19. The van der Waals surface area contributed by atoms with Crippen LogP contribution in [0.2, 0.25) is 10.0 Å². The molecule has 1 fully saturated rings. The summed E-state index contributed by atoms with van der Waals surface area (Å²) in [4.78, 5) is 15.1. The molecule has 0 unspecified atom stereocenters. The van der Waals surface area contributed by atoms with Crippen molar-refractivity contribution in [3.63, 3.8) is 0 Å². The predicted molar refractivity (Wildman–Crippen MR) is 67.1 cm³/mol.